The van der Waals surface area contributed by atoms with Crippen LogP contribution in [0.4, 0.5) is 0 Å². The fourth-order valence-electron chi connectivity index (χ4n) is 8.13. The van der Waals surface area contributed by atoms with E-state index in [1.54, 1.807) is 0 Å². The van der Waals surface area contributed by atoms with Crippen molar-refractivity contribution in [3.63, 3.8) is 0 Å². The Hall–Kier alpha value is -2.11. The maximum Gasteiger partial charge on any atom is 0.306 e. The lowest BCUT2D eigenvalue weighted by Gasteiger charge is -2.18. The second-order valence-corrected chi connectivity index (χ2v) is 18.5. The molecule has 0 saturated carbocycles. The van der Waals surface area contributed by atoms with Crippen molar-refractivity contribution in [1.82, 2.24) is 0 Å². The topological polar surface area (TPSA) is 78.9 Å². The first-order valence-corrected chi connectivity index (χ1v) is 27.3. The summed E-state index contributed by atoms with van der Waals surface area (Å²) >= 11 is 0. The molecule has 0 aromatic carbocycles. The Morgan fingerprint density at radius 2 is 0.629 bits per heavy atom. The molecule has 62 heavy (non-hydrogen) atoms. The third kappa shape index (κ3) is 48.9. The first kappa shape index (κ1) is 59.9. The van der Waals surface area contributed by atoms with Gasteiger partial charge in [0.25, 0.3) is 0 Å². The van der Waals surface area contributed by atoms with Crippen LogP contribution in [0.25, 0.3) is 0 Å². The third-order valence-corrected chi connectivity index (χ3v) is 12.2. The van der Waals surface area contributed by atoms with Crippen molar-refractivity contribution in [1.29, 1.82) is 0 Å². The van der Waals surface area contributed by atoms with Crippen molar-refractivity contribution in [3.8, 4) is 0 Å². The summed E-state index contributed by atoms with van der Waals surface area (Å²) in [5.41, 5.74) is 0. The average Bonchev–Trinajstić information content (AvgIpc) is 3.27. The van der Waals surface area contributed by atoms with Gasteiger partial charge in [-0.05, 0) is 44.9 Å². The molecule has 0 spiro atoms. The van der Waals surface area contributed by atoms with Gasteiger partial charge in [-0.25, -0.2) is 0 Å². The molecule has 0 aliphatic heterocycles. The van der Waals surface area contributed by atoms with Gasteiger partial charge in [0, 0.05) is 19.3 Å². The number of carbonyl (C=O) groups is 3. The molecular weight excluding hydrogens is 769 g/mol. The molecule has 0 amide bonds. The van der Waals surface area contributed by atoms with Gasteiger partial charge in [0.1, 0.15) is 13.2 Å². The van der Waals surface area contributed by atoms with Crippen LogP contribution in [0.15, 0.2) is 24.3 Å². The Balaban J connectivity index is 4.24. The van der Waals surface area contributed by atoms with Crippen LogP contribution in [0.5, 0.6) is 0 Å². The number of hydrogen-bond acceptors (Lipinski definition) is 6. The quantitative estimate of drug-likeness (QED) is 0.0262. The van der Waals surface area contributed by atoms with E-state index in [1.165, 1.54) is 186 Å². The zero-order valence-corrected chi connectivity index (χ0v) is 41.7. The van der Waals surface area contributed by atoms with E-state index < -0.39 is 6.10 Å². The van der Waals surface area contributed by atoms with Gasteiger partial charge in [0.2, 0.25) is 0 Å². The molecule has 0 aliphatic carbocycles. The molecule has 6 nitrogen and oxygen atoms in total. The predicted octanol–water partition coefficient (Wildman–Crippen LogP) is 17.9. The zero-order chi connectivity index (χ0) is 45.1. The number of unbranched alkanes of at least 4 members (excludes halogenated alkanes) is 35. The van der Waals surface area contributed by atoms with Crippen LogP contribution in [0.2, 0.25) is 0 Å². The van der Waals surface area contributed by atoms with Gasteiger partial charge >= 0.3 is 17.9 Å². The number of ether oxygens (including phenoxy) is 3. The van der Waals surface area contributed by atoms with Crippen LogP contribution in [0.3, 0.4) is 0 Å². The minimum absolute atomic E-state index is 0.0762. The van der Waals surface area contributed by atoms with Crippen LogP contribution in [-0.2, 0) is 28.6 Å². The minimum atomic E-state index is -0.777. The Morgan fingerprint density at radius 3 is 0.968 bits per heavy atom. The summed E-state index contributed by atoms with van der Waals surface area (Å²) in [6.45, 7) is 6.53. The van der Waals surface area contributed by atoms with Gasteiger partial charge in [0.15, 0.2) is 6.10 Å². The van der Waals surface area contributed by atoms with Crippen LogP contribution >= 0.6 is 0 Å². The smallest absolute Gasteiger partial charge is 0.306 e. The highest BCUT2D eigenvalue weighted by molar-refractivity contribution is 5.71. The highest BCUT2D eigenvalue weighted by Gasteiger charge is 2.19. The number of esters is 3. The Bertz CT molecular complexity index is 1000. The van der Waals surface area contributed by atoms with Crippen molar-refractivity contribution >= 4 is 17.9 Å². The van der Waals surface area contributed by atoms with Crippen LogP contribution in [0.1, 0.15) is 297 Å². The maximum absolute atomic E-state index is 12.8. The van der Waals surface area contributed by atoms with E-state index in [4.69, 9.17) is 14.2 Å². The first-order chi connectivity index (χ1) is 30.5. The highest BCUT2D eigenvalue weighted by atomic mass is 16.6. The highest BCUT2D eigenvalue weighted by Crippen LogP contribution is 2.17. The fourth-order valence-corrected chi connectivity index (χ4v) is 8.13. The molecule has 0 aliphatic rings. The van der Waals surface area contributed by atoms with E-state index in [9.17, 15) is 14.4 Å². The van der Waals surface area contributed by atoms with Gasteiger partial charge in [0.05, 0.1) is 0 Å². The van der Waals surface area contributed by atoms with Gasteiger partial charge in [-0.2, -0.15) is 0 Å². The molecule has 0 aromatic heterocycles. The third-order valence-electron chi connectivity index (χ3n) is 12.2. The summed E-state index contributed by atoms with van der Waals surface area (Å²) in [6, 6.07) is 0. The second-order valence-electron chi connectivity index (χ2n) is 18.5. The number of hydrogen-bond donors (Lipinski definition) is 0. The average molecular weight is 873 g/mol. The molecule has 364 valence electrons. The lowest BCUT2D eigenvalue weighted by atomic mass is 10.0. The fraction of sp³-hybridized carbons (Fsp3) is 0.875. The van der Waals surface area contributed by atoms with E-state index >= 15 is 0 Å². The van der Waals surface area contributed by atoms with Crippen molar-refractivity contribution in [2.75, 3.05) is 13.2 Å². The summed E-state index contributed by atoms with van der Waals surface area (Å²) in [5.74, 6) is -0.897. The maximum atomic E-state index is 12.8. The van der Waals surface area contributed by atoms with Gasteiger partial charge < -0.3 is 14.2 Å². The molecule has 0 radical (unpaired) electrons. The molecule has 0 aromatic rings. The Morgan fingerprint density at radius 1 is 0.339 bits per heavy atom. The monoisotopic (exact) mass is 873 g/mol. The lowest BCUT2D eigenvalue weighted by molar-refractivity contribution is -0.167. The van der Waals surface area contributed by atoms with E-state index in [2.05, 4.69) is 45.1 Å². The van der Waals surface area contributed by atoms with Crippen molar-refractivity contribution in [2.24, 2.45) is 0 Å². The number of allylic oxidation sites excluding steroid dienone is 4. The van der Waals surface area contributed by atoms with E-state index in [-0.39, 0.29) is 31.1 Å². The van der Waals surface area contributed by atoms with Gasteiger partial charge in [-0.3, -0.25) is 14.4 Å². The van der Waals surface area contributed by atoms with Crippen LogP contribution in [0, 0.1) is 0 Å². The molecule has 0 bridgehead atoms. The molecule has 0 saturated heterocycles. The van der Waals surface area contributed by atoms with E-state index in [1.807, 2.05) is 0 Å². The summed E-state index contributed by atoms with van der Waals surface area (Å²) in [4.78, 5) is 37.9. The molecule has 1 unspecified atom stereocenters. The number of carbonyl (C=O) groups excluding carboxylic acids is 3. The van der Waals surface area contributed by atoms with Crippen molar-refractivity contribution < 1.29 is 28.6 Å². The number of rotatable bonds is 50. The Kier molecular flexibility index (Phi) is 49.8. The molecule has 6 heteroatoms. The summed E-state index contributed by atoms with van der Waals surface area (Å²) in [6.07, 6.45) is 59.0. The normalized spacial score (nSPS) is 12.1. The first-order valence-electron chi connectivity index (χ1n) is 27.3. The molecule has 0 heterocycles. The summed E-state index contributed by atoms with van der Waals surface area (Å²) < 4.78 is 16.8. The lowest BCUT2D eigenvalue weighted by Crippen LogP contribution is -2.30. The van der Waals surface area contributed by atoms with Crippen LogP contribution in [-0.4, -0.2) is 37.2 Å². The Labute approximate surface area is 385 Å². The molecular formula is C56H104O6. The molecule has 1 atom stereocenters. The largest absolute Gasteiger partial charge is 0.462 e. The molecule has 0 fully saturated rings. The van der Waals surface area contributed by atoms with Crippen molar-refractivity contribution in [2.45, 2.75) is 303 Å². The standard InChI is InChI=1S/C56H104O6/c1-4-7-10-13-16-19-21-23-25-27-28-29-31-32-34-37-40-43-46-49-55(58)61-52-53(51-60-54(57)48-45-42-39-36-18-15-12-9-6-3)62-56(59)50-47-44-41-38-35-33-30-26-24-22-20-17-14-11-8-5-2/h9,12,18,36,53H,4-8,10-11,13-17,19-35,37-52H2,1-3H3/b12-9-,36-18-. The zero-order valence-electron chi connectivity index (χ0n) is 41.7. The van der Waals surface area contributed by atoms with Gasteiger partial charge in [-0.1, -0.05) is 257 Å². The van der Waals surface area contributed by atoms with E-state index in [0.29, 0.717) is 19.3 Å². The summed E-state index contributed by atoms with van der Waals surface area (Å²) in [5, 5.41) is 0. The van der Waals surface area contributed by atoms with E-state index in [0.717, 1.165) is 70.6 Å². The SMILES string of the molecule is CC/C=C\C/C=C\CCCCC(=O)OCC(COC(=O)CCCCCCCCCCCCCCCCCCCCC)OC(=O)CCCCCCCCCCCCCCCCCC. The van der Waals surface area contributed by atoms with Crippen molar-refractivity contribution in [3.05, 3.63) is 24.3 Å². The second kappa shape index (κ2) is 51.5. The summed E-state index contributed by atoms with van der Waals surface area (Å²) in [7, 11) is 0. The molecule has 0 N–H and O–H groups in total. The van der Waals surface area contributed by atoms with Gasteiger partial charge in [-0.15, -0.1) is 0 Å². The molecule has 0 rings (SSSR count). The predicted molar refractivity (Wildman–Crippen MR) is 266 cm³/mol. The minimum Gasteiger partial charge on any atom is -0.462 e. The van der Waals surface area contributed by atoms with Crippen LogP contribution < -0.4 is 0 Å².